The SMILES string of the molecule is CC(C)CCOC(C)(C)CCC(=O)NC(Cc1ccccc1)C(=O)NCC(=O)NC(Cc1ccccc1)C(=O)N1CCCC1C(=O)Oc1c(F)c(F)cc(F)c1F. The molecule has 3 unspecified atom stereocenters. The summed E-state index contributed by atoms with van der Waals surface area (Å²) in [6.45, 7) is 7.96. The average molecular weight is 799 g/mol. The number of hydrogen-bond donors (Lipinski definition) is 3. The van der Waals surface area contributed by atoms with E-state index in [2.05, 4.69) is 29.8 Å². The van der Waals surface area contributed by atoms with Gasteiger partial charge in [-0.25, -0.2) is 13.6 Å². The Labute approximate surface area is 329 Å². The summed E-state index contributed by atoms with van der Waals surface area (Å²) in [6, 6.07) is 13.9. The van der Waals surface area contributed by atoms with E-state index >= 15 is 0 Å². The number of likely N-dealkylation sites (tertiary alicyclic amines) is 1. The Morgan fingerprint density at radius 2 is 1.39 bits per heavy atom. The van der Waals surface area contributed by atoms with Crippen molar-refractivity contribution in [2.24, 2.45) is 5.92 Å². The number of amides is 4. The van der Waals surface area contributed by atoms with Gasteiger partial charge in [0.1, 0.15) is 18.1 Å². The number of nitrogens with one attached hydrogen (secondary N) is 3. The van der Waals surface area contributed by atoms with Crippen molar-refractivity contribution >= 4 is 29.6 Å². The molecule has 308 valence electrons. The molecule has 1 aliphatic heterocycles. The summed E-state index contributed by atoms with van der Waals surface area (Å²) >= 11 is 0. The number of ether oxygens (including phenoxy) is 2. The van der Waals surface area contributed by atoms with Gasteiger partial charge in [-0.1, -0.05) is 74.5 Å². The molecule has 15 heteroatoms. The Balaban J connectivity index is 1.43. The van der Waals surface area contributed by atoms with E-state index in [-0.39, 0.29) is 50.6 Å². The summed E-state index contributed by atoms with van der Waals surface area (Å²) in [5.74, 6) is -12.3. The lowest BCUT2D eigenvalue weighted by atomic mass is 10.0. The fourth-order valence-corrected chi connectivity index (χ4v) is 6.25. The largest absolute Gasteiger partial charge is 0.418 e. The number of benzene rings is 3. The Bertz CT molecular complexity index is 1840. The third kappa shape index (κ3) is 13.4. The van der Waals surface area contributed by atoms with Gasteiger partial charge < -0.3 is 30.3 Å². The molecule has 0 spiro atoms. The van der Waals surface area contributed by atoms with E-state index in [9.17, 15) is 41.5 Å². The van der Waals surface area contributed by atoms with Crippen molar-refractivity contribution in [3.05, 3.63) is 101 Å². The predicted octanol–water partition coefficient (Wildman–Crippen LogP) is 5.33. The Morgan fingerprint density at radius 3 is 1.96 bits per heavy atom. The van der Waals surface area contributed by atoms with E-state index in [4.69, 9.17) is 9.47 Å². The average Bonchev–Trinajstić information content (AvgIpc) is 3.67. The Morgan fingerprint density at radius 1 is 0.825 bits per heavy atom. The van der Waals surface area contributed by atoms with Crippen LogP contribution in [0, 0.1) is 29.2 Å². The number of carbonyl (C=O) groups is 5. The molecule has 1 aliphatic rings. The van der Waals surface area contributed by atoms with Gasteiger partial charge in [0, 0.05) is 38.5 Å². The lowest BCUT2D eigenvalue weighted by molar-refractivity contribution is -0.147. The van der Waals surface area contributed by atoms with E-state index in [1.165, 1.54) is 0 Å². The van der Waals surface area contributed by atoms with Gasteiger partial charge in [-0.3, -0.25) is 19.2 Å². The number of halogens is 4. The normalized spacial score (nSPS) is 15.2. The molecule has 0 bridgehead atoms. The predicted molar refractivity (Wildman–Crippen MR) is 203 cm³/mol. The second-order valence-electron chi connectivity index (χ2n) is 15.0. The van der Waals surface area contributed by atoms with Crippen LogP contribution >= 0.6 is 0 Å². The zero-order valence-corrected chi connectivity index (χ0v) is 32.5. The second kappa shape index (κ2) is 20.7. The van der Waals surface area contributed by atoms with Crippen molar-refractivity contribution in [3.8, 4) is 5.75 Å². The molecule has 4 rings (SSSR count). The zero-order valence-electron chi connectivity index (χ0n) is 32.5. The Kier molecular flexibility index (Phi) is 16.2. The molecule has 57 heavy (non-hydrogen) atoms. The first kappa shape index (κ1) is 44.4. The smallest absolute Gasteiger partial charge is 0.334 e. The molecule has 3 atom stereocenters. The minimum atomic E-state index is -1.91. The van der Waals surface area contributed by atoms with Crippen molar-refractivity contribution in [1.29, 1.82) is 0 Å². The van der Waals surface area contributed by atoms with E-state index in [0.29, 0.717) is 24.5 Å². The summed E-state index contributed by atoms with van der Waals surface area (Å²) in [7, 11) is 0. The van der Waals surface area contributed by atoms with Gasteiger partial charge >= 0.3 is 5.97 Å². The molecule has 0 aliphatic carbocycles. The van der Waals surface area contributed by atoms with Crippen LogP contribution in [0.15, 0.2) is 66.7 Å². The Hall–Kier alpha value is -5.31. The molecular formula is C42H50F4N4O7. The van der Waals surface area contributed by atoms with Crippen LogP contribution in [0.25, 0.3) is 0 Å². The highest BCUT2D eigenvalue weighted by Crippen LogP contribution is 2.29. The van der Waals surface area contributed by atoms with Gasteiger partial charge in [-0.15, -0.1) is 0 Å². The van der Waals surface area contributed by atoms with Gasteiger partial charge in [0.05, 0.1) is 12.1 Å². The zero-order chi connectivity index (χ0) is 41.7. The maximum absolute atomic E-state index is 14.3. The number of carbonyl (C=O) groups excluding carboxylic acids is 5. The summed E-state index contributed by atoms with van der Waals surface area (Å²) in [5, 5.41) is 7.94. The molecule has 0 saturated carbocycles. The monoisotopic (exact) mass is 798 g/mol. The molecule has 3 N–H and O–H groups in total. The van der Waals surface area contributed by atoms with Crippen molar-refractivity contribution in [3.63, 3.8) is 0 Å². The molecule has 4 amide bonds. The number of nitrogens with zero attached hydrogens (tertiary/aromatic N) is 1. The van der Waals surface area contributed by atoms with Gasteiger partial charge in [-0.2, -0.15) is 8.78 Å². The molecule has 1 fully saturated rings. The van der Waals surface area contributed by atoms with Crippen molar-refractivity contribution < 1.29 is 51.0 Å². The number of esters is 1. The van der Waals surface area contributed by atoms with Crippen molar-refractivity contribution in [2.45, 2.75) is 96.4 Å². The third-order valence-electron chi connectivity index (χ3n) is 9.50. The summed E-state index contributed by atoms with van der Waals surface area (Å²) in [5.41, 5.74) is 0.832. The first-order valence-electron chi connectivity index (χ1n) is 19.0. The highest BCUT2D eigenvalue weighted by atomic mass is 19.2. The van der Waals surface area contributed by atoms with Crippen LogP contribution in [0.3, 0.4) is 0 Å². The molecule has 1 saturated heterocycles. The highest BCUT2D eigenvalue weighted by molar-refractivity contribution is 5.94. The standard InChI is InChI=1S/C42H50F4N4O7/c1-26(2)18-21-56-42(3,4)19-17-34(51)48-31(22-27-12-7-5-8-13-27)39(53)47-25-35(52)49-32(23-28-14-9-6-10-15-28)40(54)50-20-11-16-33(50)41(55)57-38-36(45)29(43)24-30(44)37(38)46/h5-10,12-15,24,26,31-33H,11,16-23,25H2,1-4H3,(H,47,53)(H,48,51)(H,49,52). The van der Waals surface area contributed by atoms with Crippen LogP contribution in [0.2, 0.25) is 0 Å². The van der Waals surface area contributed by atoms with Gasteiger partial charge in [0.15, 0.2) is 11.6 Å². The summed E-state index contributed by atoms with van der Waals surface area (Å²) in [4.78, 5) is 68.1. The maximum atomic E-state index is 14.3. The molecule has 1 heterocycles. The molecule has 11 nitrogen and oxygen atoms in total. The molecule has 0 aromatic heterocycles. The lowest BCUT2D eigenvalue weighted by Crippen LogP contribution is -2.55. The van der Waals surface area contributed by atoms with Crippen molar-refractivity contribution in [1.82, 2.24) is 20.9 Å². The topological polar surface area (TPSA) is 143 Å². The fraction of sp³-hybridized carbons (Fsp3) is 0.452. The fourth-order valence-electron chi connectivity index (χ4n) is 6.25. The molecule has 3 aromatic carbocycles. The quantitative estimate of drug-likeness (QED) is 0.0644. The van der Waals surface area contributed by atoms with E-state index in [0.717, 1.165) is 16.9 Å². The van der Waals surface area contributed by atoms with Gasteiger partial charge in [0.2, 0.25) is 41.0 Å². The molecule has 0 radical (unpaired) electrons. The van der Waals surface area contributed by atoms with Crippen LogP contribution in [-0.4, -0.2) is 77.9 Å². The van der Waals surface area contributed by atoms with Gasteiger partial charge in [0.25, 0.3) is 0 Å². The minimum Gasteiger partial charge on any atom is -0.418 e. The van der Waals surface area contributed by atoms with Crippen LogP contribution < -0.4 is 20.7 Å². The van der Waals surface area contributed by atoms with E-state index < -0.39 is 83.0 Å². The van der Waals surface area contributed by atoms with Crippen LogP contribution in [-0.2, 0) is 41.6 Å². The third-order valence-corrected chi connectivity index (χ3v) is 9.50. The summed E-state index contributed by atoms with van der Waals surface area (Å²) in [6.07, 6.45) is 1.74. The lowest BCUT2D eigenvalue weighted by Gasteiger charge is -2.28. The first-order valence-corrected chi connectivity index (χ1v) is 19.0. The van der Waals surface area contributed by atoms with Crippen LogP contribution in [0.5, 0.6) is 5.75 Å². The second-order valence-corrected chi connectivity index (χ2v) is 15.0. The first-order chi connectivity index (χ1) is 27.0. The van der Waals surface area contributed by atoms with E-state index in [1.807, 2.05) is 19.9 Å². The maximum Gasteiger partial charge on any atom is 0.334 e. The molecule has 3 aromatic rings. The number of rotatable bonds is 19. The van der Waals surface area contributed by atoms with Crippen LogP contribution in [0.4, 0.5) is 17.6 Å². The highest BCUT2D eigenvalue weighted by Gasteiger charge is 2.40. The molecular weight excluding hydrogens is 748 g/mol. The van der Waals surface area contributed by atoms with Crippen molar-refractivity contribution in [2.75, 3.05) is 19.7 Å². The van der Waals surface area contributed by atoms with Crippen LogP contribution in [0.1, 0.15) is 70.9 Å². The van der Waals surface area contributed by atoms with E-state index in [1.54, 1.807) is 54.6 Å². The summed E-state index contributed by atoms with van der Waals surface area (Å²) < 4.78 is 66.9. The van der Waals surface area contributed by atoms with Gasteiger partial charge in [-0.05, 0) is 56.6 Å². The number of hydrogen-bond acceptors (Lipinski definition) is 7. The minimum absolute atomic E-state index is 0.00108.